The Bertz CT molecular complexity index is 949. The van der Waals surface area contributed by atoms with E-state index in [1.807, 2.05) is 13.8 Å². The number of carboxylic acids is 1. The normalized spacial score (nSPS) is 14.4. The second-order valence-electron chi connectivity index (χ2n) is 9.80. The molecule has 37 heavy (non-hydrogen) atoms. The quantitative estimate of drug-likeness (QED) is 0.163. The molecule has 0 spiro atoms. The Balaban J connectivity index is 2.97. The molecule has 0 radical (unpaired) electrons. The van der Waals surface area contributed by atoms with E-state index in [1.54, 1.807) is 26.0 Å². The molecule has 1 rings (SSSR count). The molecular weight excluding hydrogens is 482 g/mol. The molecular formula is C25H39N5O7. The van der Waals surface area contributed by atoms with Gasteiger partial charge in [-0.05, 0) is 48.8 Å². The zero-order valence-corrected chi connectivity index (χ0v) is 21.7. The number of nitrogens with one attached hydrogen (secondary N) is 3. The van der Waals surface area contributed by atoms with Gasteiger partial charge in [0.2, 0.25) is 23.6 Å². The molecule has 0 saturated carbocycles. The van der Waals surface area contributed by atoms with Gasteiger partial charge in [0.15, 0.2) is 0 Å². The van der Waals surface area contributed by atoms with E-state index in [9.17, 15) is 34.2 Å². The van der Waals surface area contributed by atoms with Gasteiger partial charge in [-0.25, -0.2) is 4.79 Å². The smallest absolute Gasteiger partial charge is 0.326 e. The molecule has 4 amide bonds. The van der Waals surface area contributed by atoms with Gasteiger partial charge in [-0.3, -0.25) is 19.2 Å². The monoisotopic (exact) mass is 521 g/mol. The first kappa shape index (κ1) is 31.4. The predicted octanol–water partition coefficient (Wildman–Crippen LogP) is -0.231. The summed E-state index contributed by atoms with van der Waals surface area (Å²) in [6.45, 7) is 6.99. The molecule has 0 aliphatic rings. The number of phenolic OH excluding ortho intramolecular Hbond substituents is 1. The van der Waals surface area contributed by atoms with Crippen molar-refractivity contribution in [2.45, 2.75) is 77.5 Å². The number of aromatic hydroxyl groups is 1. The third-order valence-electron chi connectivity index (χ3n) is 5.61. The fraction of sp³-hybridized carbons (Fsp3) is 0.560. The molecule has 0 aromatic heterocycles. The number of primary amides is 1. The highest BCUT2D eigenvalue weighted by Gasteiger charge is 2.32. The Morgan fingerprint density at radius 2 is 1.43 bits per heavy atom. The van der Waals surface area contributed by atoms with Crippen LogP contribution in [0.15, 0.2) is 24.3 Å². The standard InChI is InChI=1S/C25H39N5O7/c1-13(2)11-19(25(36)37)29-24(35)21(14(3)4)30-23(34)18(9-10-20(27)32)28-22(33)17(26)12-15-5-7-16(31)8-6-15/h5-8,13-14,17-19,21,31H,9-12,26H2,1-4H3,(H2,27,32)(H,28,33)(H,29,35)(H,30,34)(H,36,37). The van der Waals surface area contributed by atoms with Crippen LogP contribution in [0.2, 0.25) is 0 Å². The summed E-state index contributed by atoms with van der Waals surface area (Å²) in [4.78, 5) is 61.6. The Morgan fingerprint density at radius 1 is 0.865 bits per heavy atom. The third kappa shape index (κ3) is 11.3. The number of benzene rings is 1. The van der Waals surface area contributed by atoms with Crippen molar-refractivity contribution >= 4 is 29.6 Å². The predicted molar refractivity (Wildman–Crippen MR) is 136 cm³/mol. The highest BCUT2D eigenvalue weighted by atomic mass is 16.4. The van der Waals surface area contributed by atoms with Crippen LogP contribution in [0.25, 0.3) is 0 Å². The van der Waals surface area contributed by atoms with Crippen molar-refractivity contribution in [2.75, 3.05) is 0 Å². The van der Waals surface area contributed by atoms with Crippen molar-refractivity contribution in [3.05, 3.63) is 29.8 Å². The number of phenols is 1. The summed E-state index contributed by atoms with van der Waals surface area (Å²) in [6.07, 6.45) is -0.00820. The van der Waals surface area contributed by atoms with Crippen LogP contribution < -0.4 is 27.4 Å². The van der Waals surface area contributed by atoms with Crippen LogP contribution in [-0.4, -0.2) is 64.0 Å². The van der Waals surface area contributed by atoms with E-state index < -0.39 is 59.7 Å². The minimum atomic E-state index is -1.22. The third-order valence-corrected chi connectivity index (χ3v) is 5.61. The molecule has 1 aromatic rings. The number of carbonyl (C=O) groups excluding carboxylic acids is 4. The lowest BCUT2D eigenvalue weighted by Gasteiger charge is -2.27. The average molecular weight is 522 g/mol. The number of rotatable bonds is 15. The molecule has 206 valence electrons. The zero-order chi connectivity index (χ0) is 28.3. The lowest BCUT2D eigenvalue weighted by Crippen LogP contribution is -2.58. The highest BCUT2D eigenvalue weighted by molar-refractivity contribution is 5.94. The maximum absolute atomic E-state index is 13.1. The van der Waals surface area contributed by atoms with Crippen molar-refractivity contribution < 1.29 is 34.2 Å². The first-order chi connectivity index (χ1) is 17.2. The van der Waals surface area contributed by atoms with Crippen LogP contribution in [0.1, 0.15) is 52.5 Å². The fourth-order valence-electron chi connectivity index (χ4n) is 3.56. The highest BCUT2D eigenvalue weighted by Crippen LogP contribution is 2.12. The van der Waals surface area contributed by atoms with Gasteiger partial charge in [0.05, 0.1) is 6.04 Å². The summed E-state index contributed by atoms with van der Waals surface area (Å²) in [5.74, 6) is -4.30. The molecule has 0 fully saturated rings. The summed E-state index contributed by atoms with van der Waals surface area (Å²) >= 11 is 0. The van der Waals surface area contributed by atoms with Crippen molar-refractivity contribution in [3.63, 3.8) is 0 Å². The molecule has 4 atom stereocenters. The lowest BCUT2D eigenvalue weighted by molar-refractivity contribution is -0.143. The van der Waals surface area contributed by atoms with Crippen LogP contribution in [0.4, 0.5) is 0 Å². The summed E-state index contributed by atoms with van der Waals surface area (Å²) in [7, 11) is 0. The van der Waals surface area contributed by atoms with E-state index >= 15 is 0 Å². The minimum Gasteiger partial charge on any atom is -0.508 e. The summed E-state index contributed by atoms with van der Waals surface area (Å²) in [6, 6.07) is 1.64. The Kier molecular flexibility index (Phi) is 12.5. The molecule has 9 N–H and O–H groups in total. The van der Waals surface area contributed by atoms with Gasteiger partial charge in [-0.2, -0.15) is 0 Å². The van der Waals surface area contributed by atoms with Crippen LogP contribution in [0.5, 0.6) is 5.75 Å². The van der Waals surface area contributed by atoms with Crippen LogP contribution in [0.3, 0.4) is 0 Å². The van der Waals surface area contributed by atoms with Crippen LogP contribution in [0, 0.1) is 11.8 Å². The Morgan fingerprint density at radius 3 is 1.92 bits per heavy atom. The zero-order valence-electron chi connectivity index (χ0n) is 21.7. The van der Waals surface area contributed by atoms with Crippen molar-refractivity contribution in [1.29, 1.82) is 0 Å². The molecule has 1 aromatic carbocycles. The average Bonchev–Trinajstić information content (AvgIpc) is 2.79. The molecule has 0 aliphatic heterocycles. The number of hydrogen-bond donors (Lipinski definition) is 7. The SMILES string of the molecule is CC(C)CC(NC(=O)C(NC(=O)C(CCC(N)=O)NC(=O)C(N)Cc1ccc(O)cc1)C(C)C)C(=O)O. The lowest BCUT2D eigenvalue weighted by atomic mass is 9.99. The first-order valence-electron chi connectivity index (χ1n) is 12.2. The Hall–Kier alpha value is -3.67. The van der Waals surface area contributed by atoms with Crippen LogP contribution in [-0.2, 0) is 30.4 Å². The fourth-order valence-corrected chi connectivity index (χ4v) is 3.56. The maximum atomic E-state index is 13.1. The molecule has 0 bridgehead atoms. The molecule has 0 saturated heterocycles. The van der Waals surface area contributed by atoms with Gasteiger partial charge >= 0.3 is 5.97 Å². The largest absolute Gasteiger partial charge is 0.508 e. The molecule has 12 nitrogen and oxygen atoms in total. The molecule has 0 heterocycles. The summed E-state index contributed by atoms with van der Waals surface area (Å²) < 4.78 is 0. The number of amides is 4. The van der Waals surface area contributed by atoms with E-state index in [0.717, 1.165) is 0 Å². The molecule has 12 heteroatoms. The second kappa shape index (κ2) is 14.8. The number of hydrogen-bond acceptors (Lipinski definition) is 7. The van der Waals surface area contributed by atoms with Crippen LogP contribution >= 0.6 is 0 Å². The van der Waals surface area contributed by atoms with E-state index in [0.29, 0.717) is 5.56 Å². The number of aliphatic carboxylic acids is 1. The summed E-state index contributed by atoms with van der Waals surface area (Å²) in [5, 5.41) is 26.4. The number of carbonyl (C=O) groups is 5. The second-order valence-corrected chi connectivity index (χ2v) is 9.80. The summed E-state index contributed by atoms with van der Waals surface area (Å²) in [5.41, 5.74) is 11.9. The van der Waals surface area contributed by atoms with Gasteiger partial charge in [0.1, 0.15) is 23.9 Å². The topological polar surface area (TPSA) is 214 Å². The van der Waals surface area contributed by atoms with Gasteiger partial charge in [0.25, 0.3) is 0 Å². The van der Waals surface area contributed by atoms with Gasteiger partial charge in [0, 0.05) is 6.42 Å². The van der Waals surface area contributed by atoms with Crippen molar-refractivity contribution in [1.82, 2.24) is 16.0 Å². The van der Waals surface area contributed by atoms with Gasteiger partial charge < -0.3 is 37.6 Å². The van der Waals surface area contributed by atoms with E-state index in [2.05, 4.69) is 16.0 Å². The van der Waals surface area contributed by atoms with Crippen molar-refractivity contribution in [3.8, 4) is 5.75 Å². The Labute approximate surface area is 216 Å². The number of nitrogens with two attached hydrogens (primary N) is 2. The van der Waals surface area contributed by atoms with E-state index in [-0.39, 0.29) is 37.4 Å². The van der Waals surface area contributed by atoms with E-state index in [4.69, 9.17) is 11.5 Å². The van der Waals surface area contributed by atoms with Gasteiger partial charge in [-0.1, -0.05) is 39.8 Å². The molecule has 0 aliphatic carbocycles. The first-order valence-corrected chi connectivity index (χ1v) is 12.2. The minimum absolute atomic E-state index is 0.00710. The molecule has 4 unspecified atom stereocenters. The van der Waals surface area contributed by atoms with E-state index in [1.165, 1.54) is 12.1 Å². The van der Waals surface area contributed by atoms with Crippen molar-refractivity contribution in [2.24, 2.45) is 23.3 Å². The van der Waals surface area contributed by atoms with Gasteiger partial charge in [-0.15, -0.1) is 0 Å². The maximum Gasteiger partial charge on any atom is 0.326 e. The number of carboxylic acid groups (broad SMARTS) is 1.